The smallest absolute Gasteiger partial charge is 0.253 e. The maximum absolute atomic E-state index is 12.8. The Morgan fingerprint density at radius 3 is 2.22 bits per heavy atom. The summed E-state index contributed by atoms with van der Waals surface area (Å²) in [5.74, 6) is -0.478. The predicted molar refractivity (Wildman–Crippen MR) is 103 cm³/mol. The molecular weight excluding hydrogens is 364 g/mol. The molecule has 7 heteroatoms. The molecule has 0 radical (unpaired) electrons. The van der Waals surface area contributed by atoms with Crippen molar-refractivity contribution in [1.29, 1.82) is 0 Å². The zero-order chi connectivity index (χ0) is 19.0. The number of piperazine rings is 1. The number of rotatable bonds is 2. The van der Waals surface area contributed by atoms with Crippen LogP contribution in [0.3, 0.4) is 0 Å². The molecule has 1 atom stereocenters. The molecule has 0 aliphatic carbocycles. The first-order valence-electron chi connectivity index (χ1n) is 9.20. The molecule has 27 heavy (non-hydrogen) atoms. The fraction of sp³-hybridized carbons (Fsp3) is 0.400. The number of sulfone groups is 1. The Balaban J connectivity index is 1.39. The maximum Gasteiger partial charge on any atom is 0.253 e. The highest BCUT2D eigenvalue weighted by Gasteiger charge is 2.36. The lowest BCUT2D eigenvalue weighted by Crippen LogP contribution is -2.52. The lowest BCUT2D eigenvalue weighted by Gasteiger charge is -2.36. The average Bonchev–Trinajstić information content (AvgIpc) is 3.06. The second-order valence-corrected chi connectivity index (χ2v) is 9.51. The summed E-state index contributed by atoms with van der Waals surface area (Å²) in [5.41, 5.74) is 0.648. The lowest BCUT2D eigenvalue weighted by molar-refractivity contribution is -0.136. The second-order valence-electron chi connectivity index (χ2n) is 7.28. The summed E-state index contributed by atoms with van der Waals surface area (Å²) in [7, 11) is -3.07. The third kappa shape index (κ3) is 3.69. The number of hydrogen-bond donors (Lipinski definition) is 0. The molecule has 0 aromatic heterocycles. The molecule has 4 rings (SSSR count). The highest BCUT2D eigenvalue weighted by Crippen LogP contribution is 2.22. The van der Waals surface area contributed by atoms with Crippen molar-refractivity contribution in [3.8, 4) is 0 Å². The van der Waals surface area contributed by atoms with Crippen LogP contribution >= 0.6 is 0 Å². The van der Waals surface area contributed by atoms with E-state index >= 15 is 0 Å². The lowest BCUT2D eigenvalue weighted by atomic mass is 10.1. The van der Waals surface area contributed by atoms with Crippen molar-refractivity contribution in [1.82, 2.24) is 9.80 Å². The van der Waals surface area contributed by atoms with E-state index in [0.29, 0.717) is 38.2 Å². The highest BCUT2D eigenvalue weighted by atomic mass is 32.2. The quantitative estimate of drug-likeness (QED) is 0.785. The van der Waals surface area contributed by atoms with Crippen molar-refractivity contribution < 1.29 is 18.0 Å². The SMILES string of the molecule is O=C(c1ccc2ccccc2c1)N1CCN(C(=O)C2CCS(=O)(=O)C2)CC1. The average molecular weight is 386 g/mol. The summed E-state index contributed by atoms with van der Waals surface area (Å²) < 4.78 is 23.2. The minimum atomic E-state index is -3.07. The Morgan fingerprint density at radius 2 is 1.56 bits per heavy atom. The minimum Gasteiger partial charge on any atom is -0.339 e. The first-order valence-corrected chi connectivity index (χ1v) is 11.0. The molecule has 2 aliphatic heterocycles. The fourth-order valence-electron chi connectivity index (χ4n) is 3.88. The maximum atomic E-state index is 12.8. The molecule has 2 heterocycles. The molecule has 0 saturated carbocycles. The van der Waals surface area contributed by atoms with Gasteiger partial charge in [0.1, 0.15) is 0 Å². The summed E-state index contributed by atoms with van der Waals surface area (Å²) in [4.78, 5) is 28.8. The van der Waals surface area contributed by atoms with Crippen molar-refractivity contribution in [3.05, 3.63) is 48.0 Å². The van der Waals surface area contributed by atoms with Crippen LogP contribution in [-0.4, -0.2) is 67.7 Å². The van der Waals surface area contributed by atoms with E-state index in [2.05, 4.69) is 0 Å². The molecular formula is C20H22N2O4S. The molecule has 0 bridgehead atoms. The standard InChI is InChI=1S/C20H22N2O4S/c23-19(17-6-5-15-3-1-2-4-16(15)13-17)21-8-10-22(11-9-21)20(24)18-7-12-27(25,26)14-18/h1-6,13,18H,7-12,14H2. The second kappa shape index (κ2) is 6.96. The number of carbonyl (C=O) groups excluding carboxylic acids is 2. The van der Waals surface area contributed by atoms with E-state index < -0.39 is 15.8 Å². The van der Waals surface area contributed by atoms with E-state index in [4.69, 9.17) is 0 Å². The first kappa shape index (κ1) is 18.0. The molecule has 2 amide bonds. The van der Waals surface area contributed by atoms with Crippen LogP contribution in [0.5, 0.6) is 0 Å². The Hall–Kier alpha value is -2.41. The van der Waals surface area contributed by atoms with E-state index in [9.17, 15) is 18.0 Å². The van der Waals surface area contributed by atoms with Gasteiger partial charge >= 0.3 is 0 Å². The van der Waals surface area contributed by atoms with Crippen LogP contribution in [0, 0.1) is 5.92 Å². The van der Waals surface area contributed by atoms with E-state index in [1.807, 2.05) is 42.5 Å². The molecule has 2 aromatic rings. The zero-order valence-electron chi connectivity index (χ0n) is 15.0. The van der Waals surface area contributed by atoms with Crippen LogP contribution in [0.2, 0.25) is 0 Å². The molecule has 2 aromatic carbocycles. The molecule has 0 N–H and O–H groups in total. The van der Waals surface area contributed by atoms with Gasteiger partial charge in [0.25, 0.3) is 5.91 Å². The molecule has 2 aliphatic rings. The number of benzene rings is 2. The summed E-state index contributed by atoms with van der Waals surface area (Å²) >= 11 is 0. The van der Waals surface area contributed by atoms with Gasteiger partial charge in [0, 0.05) is 31.7 Å². The monoisotopic (exact) mass is 386 g/mol. The van der Waals surface area contributed by atoms with Gasteiger partial charge in [-0.05, 0) is 29.3 Å². The largest absolute Gasteiger partial charge is 0.339 e. The predicted octanol–water partition coefficient (Wildman–Crippen LogP) is 1.56. The summed E-state index contributed by atoms with van der Waals surface area (Å²) in [5, 5.41) is 2.12. The van der Waals surface area contributed by atoms with Crippen molar-refractivity contribution in [2.45, 2.75) is 6.42 Å². The van der Waals surface area contributed by atoms with Crippen LogP contribution in [0.25, 0.3) is 10.8 Å². The summed E-state index contributed by atoms with van der Waals surface area (Å²) in [6, 6.07) is 13.6. The van der Waals surface area contributed by atoms with Crippen molar-refractivity contribution in [2.24, 2.45) is 5.92 Å². The van der Waals surface area contributed by atoms with E-state index in [1.165, 1.54) is 0 Å². The summed E-state index contributed by atoms with van der Waals surface area (Å²) in [6.45, 7) is 1.84. The first-order chi connectivity index (χ1) is 12.9. The molecule has 2 fully saturated rings. The van der Waals surface area contributed by atoms with Gasteiger partial charge in [0.2, 0.25) is 5.91 Å². The number of hydrogen-bond acceptors (Lipinski definition) is 4. The molecule has 6 nitrogen and oxygen atoms in total. The molecule has 2 saturated heterocycles. The Morgan fingerprint density at radius 1 is 0.889 bits per heavy atom. The fourth-order valence-corrected chi connectivity index (χ4v) is 5.62. The van der Waals surface area contributed by atoms with Crippen molar-refractivity contribution in [2.75, 3.05) is 37.7 Å². The van der Waals surface area contributed by atoms with Gasteiger partial charge in [-0.25, -0.2) is 8.42 Å². The van der Waals surface area contributed by atoms with Gasteiger partial charge in [-0.1, -0.05) is 30.3 Å². The van der Waals surface area contributed by atoms with Crippen LogP contribution in [0.4, 0.5) is 0 Å². The number of amides is 2. The van der Waals surface area contributed by atoms with Gasteiger partial charge < -0.3 is 9.80 Å². The van der Waals surface area contributed by atoms with Gasteiger partial charge in [0.15, 0.2) is 9.84 Å². The van der Waals surface area contributed by atoms with Crippen LogP contribution in [0.15, 0.2) is 42.5 Å². The Labute approximate surface area is 158 Å². The normalized spacial score (nSPS) is 22.1. The van der Waals surface area contributed by atoms with Crippen LogP contribution < -0.4 is 0 Å². The Bertz CT molecular complexity index is 994. The molecule has 1 unspecified atom stereocenters. The minimum absolute atomic E-state index is 0.0312. The van der Waals surface area contributed by atoms with Crippen LogP contribution in [0.1, 0.15) is 16.8 Å². The van der Waals surface area contributed by atoms with Gasteiger partial charge in [-0.15, -0.1) is 0 Å². The van der Waals surface area contributed by atoms with Gasteiger partial charge in [-0.3, -0.25) is 9.59 Å². The van der Waals surface area contributed by atoms with E-state index in [-0.39, 0.29) is 23.3 Å². The van der Waals surface area contributed by atoms with Crippen LogP contribution in [-0.2, 0) is 14.6 Å². The topological polar surface area (TPSA) is 74.8 Å². The summed E-state index contributed by atoms with van der Waals surface area (Å²) in [6.07, 6.45) is 0.414. The third-order valence-electron chi connectivity index (χ3n) is 5.46. The Kier molecular flexibility index (Phi) is 4.63. The number of carbonyl (C=O) groups is 2. The van der Waals surface area contributed by atoms with Crippen molar-refractivity contribution in [3.63, 3.8) is 0 Å². The van der Waals surface area contributed by atoms with Crippen molar-refractivity contribution >= 4 is 32.4 Å². The third-order valence-corrected chi connectivity index (χ3v) is 7.22. The van der Waals surface area contributed by atoms with Gasteiger partial charge in [-0.2, -0.15) is 0 Å². The molecule has 142 valence electrons. The van der Waals surface area contributed by atoms with E-state index in [1.54, 1.807) is 9.80 Å². The highest BCUT2D eigenvalue weighted by molar-refractivity contribution is 7.91. The van der Waals surface area contributed by atoms with Gasteiger partial charge in [0.05, 0.1) is 17.4 Å². The van der Waals surface area contributed by atoms with E-state index in [0.717, 1.165) is 10.8 Å². The number of nitrogens with zero attached hydrogens (tertiary/aromatic N) is 2. The molecule has 0 spiro atoms. The number of fused-ring (bicyclic) bond motifs is 1. The zero-order valence-corrected chi connectivity index (χ0v) is 15.8.